The van der Waals surface area contributed by atoms with Crippen LogP contribution in [0.1, 0.15) is 32.1 Å². The van der Waals surface area contributed by atoms with Gasteiger partial charge in [-0.05, 0) is 12.8 Å². The van der Waals surface area contributed by atoms with Gasteiger partial charge in [0.05, 0.1) is 19.8 Å². The van der Waals surface area contributed by atoms with Crippen LogP contribution in [0, 0.1) is 0 Å². The highest BCUT2D eigenvalue weighted by Crippen LogP contribution is 2.17. The Labute approximate surface area is 113 Å². The highest BCUT2D eigenvalue weighted by molar-refractivity contribution is 5.95. The first kappa shape index (κ1) is 14.3. The second kappa shape index (κ2) is 7.45. The first-order valence-corrected chi connectivity index (χ1v) is 7.14. The number of nitrogens with zero attached hydrogens (tertiary/aromatic N) is 1. The van der Waals surface area contributed by atoms with E-state index >= 15 is 0 Å². The third kappa shape index (κ3) is 5.16. The van der Waals surface area contributed by atoms with E-state index < -0.39 is 0 Å². The summed E-state index contributed by atoms with van der Waals surface area (Å²) in [5.41, 5.74) is 0. The van der Waals surface area contributed by atoms with Crippen LogP contribution in [-0.2, 0) is 9.53 Å². The highest BCUT2D eigenvalue weighted by atomic mass is 16.5. The predicted octanol–water partition coefficient (Wildman–Crippen LogP) is 0.477. The zero-order chi connectivity index (χ0) is 13.5. The Balaban J connectivity index is 1.64. The number of hydrogen-bond acceptors (Lipinski definition) is 4. The van der Waals surface area contributed by atoms with E-state index in [-0.39, 0.29) is 24.5 Å². The molecule has 0 spiro atoms. The maximum absolute atomic E-state index is 11.7. The molecule has 2 fully saturated rings. The lowest BCUT2D eigenvalue weighted by atomic mass is 9.96. The average Bonchev–Trinajstić information content (AvgIpc) is 2.40. The number of morpholine rings is 1. The molecule has 0 unspecified atom stereocenters. The molecule has 0 aromatic carbocycles. The molecule has 1 saturated heterocycles. The van der Waals surface area contributed by atoms with Crippen LogP contribution in [0.4, 0.5) is 4.79 Å². The molecule has 108 valence electrons. The Hall–Kier alpha value is -1.14. The SMILES string of the molecule is O=C(CN1CCOCC1)NC(=O)NC1CCCCC1. The van der Waals surface area contributed by atoms with Gasteiger partial charge >= 0.3 is 6.03 Å². The fraction of sp³-hybridized carbons (Fsp3) is 0.846. The van der Waals surface area contributed by atoms with Gasteiger partial charge in [0.25, 0.3) is 0 Å². The van der Waals surface area contributed by atoms with Crippen LogP contribution in [0.2, 0.25) is 0 Å². The van der Waals surface area contributed by atoms with Gasteiger partial charge in [-0.1, -0.05) is 19.3 Å². The smallest absolute Gasteiger partial charge is 0.321 e. The van der Waals surface area contributed by atoms with Gasteiger partial charge in [0.1, 0.15) is 0 Å². The summed E-state index contributed by atoms with van der Waals surface area (Å²) < 4.78 is 5.21. The van der Waals surface area contributed by atoms with Crippen molar-refractivity contribution in [1.82, 2.24) is 15.5 Å². The lowest BCUT2D eigenvalue weighted by Gasteiger charge is -2.26. The summed E-state index contributed by atoms with van der Waals surface area (Å²) in [6.07, 6.45) is 5.60. The van der Waals surface area contributed by atoms with Gasteiger partial charge in [-0.15, -0.1) is 0 Å². The van der Waals surface area contributed by atoms with Crippen molar-refractivity contribution in [2.24, 2.45) is 0 Å². The molecule has 3 amide bonds. The van der Waals surface area contributed by atoms with Crippen molar-refractivity contribution >= 4 is 11.9 Å². The number of ether oxygens (including phenoxy) is 1. The molecule has 2 N–H and O–H groups in total. The van der Waals surface area contributed by atoms with Crippen LogP contribution < -0.4 is 10.6 Å². The van der Waals surface area contributed by atoms with Gasteiger partial charge < -0.3 is 10.1 Å². The van der Waals surface area contributed by atoms with Crippen molar-refractivity contribution in [3.8, 4) is 0 Å². The molecule has 6 nitrogen and oxygen atoms in total. The third-order valence-corrected chi connectivity index (χ3v) is 3.66. The molecular weight excluding hydrogens is 246 g/mol. The summed E-state index contributed by atoms with van der Waals surface area (Å²) in [5.74, 6) is -0.241. The summed E-state index contributed by atoms with van der Waals surface area (Å²) in [5, 5.41) is 5.28. The van der Waals surface area contributed by atoms with E-state index in [4.69, 9.17) is 4.74 Å². The van der Waals surface area contributed by atoms with Crippen LogP contribution in [0.3, 0.4) is 0 Å². The minimum Gasteiger partial charge on any atom is -0.379 e. The van der Waals surface area contributed by atoms with Crippen LogP contribution in [0.5, 0.6) is 0 Å². The quantitative estimate of drug-likeness (QED) is 0.781. The number of hydrogen-bond donors (Lipinski definition) is 2. The second-order valence-electron chi connectivity index (χ2n) is 5.25. The van der Waals surface area contributed by atoms with Crippen molar-refractivity contribution in [1.29, 1.82) is 0 Å². The Morgan fingerprint density at radius 3 is 2.47 bits per heavy atom. The van der Waals surface area contributed by atoms with Crippen molar-refractivity contribution < 1.29 is 14.3 Å². The van der Waals surface area contributed by atoms with Gasteiger partial charge in [-0.2, -0.15) is 0 Å². The first-order valence-electron chi connectivity index (χ1n) is 7.14. The van der Waals surface area contributed by atoms with Crippen LogP contribution in [0.15, 0.2) is 0 Å². The first-order chi connectivity index (χ1) is 9.24. The summed E-state index contributed by atoms with van der Waals surface area (Å²) >= 11 is 0. The Bertz CT molecular complexity index is 280. The summed E-state index contributed by atoms with van der Waals surface area (Å²) in [7, 11) is 0. The minimum absolute atomic E-state index is 0.227. The van der Waals surface area contributed by atoms with Gasteiger partial charge in [-0.3, -0.25) is 15.0 Å². The van der Waals surface area contributed by atoms with Gasteiger partial charge in [0.2, 0.25) is 5.91 Å². The number of nitrogens with one attached hydrogen (secondary N) is 2. The summed E-state index contributed by atoms with van der Waals surface area (Å²) in [4.78, 5) is 25.4. The van der Waals surface area contributed by atoms with Crippen LogP contribution in [0.25, 0.3) is 0 Å². The predicted molar refractivity (Wildman–Crippen MR) is 70.8 cm³/mol. The molecule has 0 atom stereocenters. The van der Waals surface area contributed by atoms with Gasteiger partial charge in [-0.25, -0.2) is 4.79 Å². The topological polar surface area (TPSA) is 70.7 Å². The van der Waals surface area contributed by atoms with Crippen molar-refractivity contribution in [3.63, 3.8) is 0 Å². The zero-order valence-corrected chi connectivity index (χ0v) is 11.3. The number of amides is 3. The normalized spacial score (nSPS) is 21.9. The molecule has 1 heterocycles. The average molecular weight is 269 g/mol. The molecule has 6 heteroatoms. The summed E-state index contributed by atoms with van der Waals surface area (Å²) in [6, 6.07) is -0.130. The monoisotopic (exact) mass is 269 g/mol. The Morgan fingerprint density at radius 1 is 1.11 bits per heavy atom. The highest BCUT2D eigenvalue weighted by Gasteiger charge is 2.18. The lowest BCUT2D eigenvalue weighted by molar-refractivity contribution is -0.122. The van der Waals surface area contributed by atoms with E-state index in [9.17, 15) is 9.59 Å². The third-order valence-electron chi connectivity index (χ3n) is 3.66. The number of carbonyl (C=O) groups is 2. The van der Waals surface area contributed by atoms with E-state index in [1.807, 2.05) is 4.90 Å². The molecule has 19 heavy (non-hydrogen) atoms. The van der Waals surface area contributed by atoms with E-state index in [1.165, 1.54) is 6.42 Å². The molecule has 2 aliphatic rings. The molecule has 0 bridgehead atoms. The fourth-order valence-corrected chi connectivity index (χ4v) is 2.60. The van der Waals surface area contributed by atoms with Crippen LogP contribution >= 0.6 is 0 Å². The largest absolute Gasteiger partial charge is 0.379 e. The standard InChI is InChI=1S/C13H23N3O3/c17-12(10-16-6-8-19-9-7-16)15-13(18)14-11-4-2-1-3-5-11/h11H,1-10H2,(H2,14,15,17,18). The van der Waals surface area contributed by atoms with Crippen molar-refractivity contribution in [2.75, 3.05) is 32.8 Å². The number of urea groups is 1. The summed E-state index contributed by atoms with van der Waals surface area (Å²) in [6.45, 7) is 3.07. The molecule has 1 aliphatic heterocycles. The molecule has 1 saturated carbocycles. The fourth-order valence-electron chi connectivity index (χ4n) is 2.60. The lowest BCUT2D eigenvalue weighted by Crippen LogP contribution is -2.49. The van der Waals surface area contributed by atoms with E-state index in [1.54, 1.807) is 0 Å². The molecule has 0 radical (unpaired) electrons. The van der Waals surface area contributed by atoms with Crippen LogP contribution in [-0.4, -0.2) is 55.7 Å². The molecule has 2 rings (SSSR count). The maximum Gasteiger partial charge on any atom is 0.321 e. The van der Waals surface area contributed by atoms with E-state index in [2.05, 4.69) is 10.6 Å². The molecular formula is C13H23N3O3. The number of carbonyl (C=O) groups excluding carboxylic acids is 2. The van der Waals surface area contributed by atoms with Gasteiger partial charge in [0, 0.05) is 19.1 Å². The minimum atomic E-state index is -0.356. The van der Waals surface area contributed by atoms with E-state index in [0.717, 1.165) is 38.8 Å². The Kier molecular flexibility index (Phi) is 5.60. The van der Waals surface area contributed by atoms with Crippen molar-refractivity contribution in [2.45, 2.75) is 38.1 Å². The second-order valence-corrected chi connectivity index (χ2v) is 5.25. The number of rotatable bonds is 3. The Morgan fingerprint density at radius 2 is 1.79 bits per heavy atom. The number of imide groups is 1. The zero-order valence-electron chi connectivity index (χ0n) is 11.3. The van der Waals surface area contributed by atoms with Gasteiger partial charge in [0.15, 0.2) is 0 Å². The molecule has 0 aromatic heterocycles. The molecule has 0 aromatic rings. The van der Waals surface area contributed by atoms with E-state index in [0.29, 0.717) is 13.2 Å². The maximum atomic E-state index is 11.7. The molecule has 1 aliphatic carbocycles. The van der Waals surface area contributed by atoms with Crippen molar-refractivity contribution in [3.05, 3.63) is 0 Å².